The minimum Gasteiger partial charge on any atom is -0.493 e. The molecule has 31 heteroatoms. The lowest BCUT2D eigenvalue weighted by molar-refractivity contribution is -0.288. The number of hydrogen-bond donors (Lipinski definition) is 0. The Kier molecular flexibility index (Phi) is 27.1. The number of methoxy groups -OCH3 is 2. The van der Waals surface area contributed by atoms with Crippen LogP contribution in [0.25, 0.3) is 10.4 Å². The minimum atomic E-state index is -5.15. The van der Waals surface area contributed by atoms with Crippen molar-refractivity contribution < 1.29 is 102 Å². The number of benzene rings is 6. The maximum Gasteiger partial charge on any atom is 0.501 e. The van der Waals surface area contributed by atoms with Crippen molar-refractivity contribution in [3.05, 3.63) is 169 Å². The van der Waals surface area contributed by atoms with Crippen LogP contribution in [0.5, 0.6) is 40.2 Å². The molecule has 5 heterocycles. The zero-order valence-corrected chi connectivity index (χ0v) is 62.2. The summed E-state index contributed by atoms with van der Waals surface area (Å²) in [6.45, 7) is 8.80. The van der Waals surface area contributed by atoms with E-state index in [9.17, 15) is 32.4 Å². The van der Waals surface area contributed by atoms with E-state index in [-0.39, 0.29) is 95.6 Å². The Labute approximate surface area is 625 Å². The fourth-order valence-electron chi connectivity index (χ4n) is 13.4. The van der Waals surface area contributed by atoms with Crippen molar-refractivity contribution in [2.45, 2.75) is 142 Å². The molecule has 6 aromatic rings. The molecule has 0 spiro atoms. The summed E-state index contributed by atoms with van der Waals surface area (Å²) in [5, 5.41) is 3.40. The molecule has 0 saturated carbocycles. The Morgan fingerprint density at radius 3 is 1.72 bits per heavy atom. The number of esters is 4. The van der Waals surface area contributed by atoms with Crippen molar-refractivity contribution in [3.63, 3.8) is 0 Å². The number of Topliss-reactive ketones (excluding diaryl/α,β-unsaturated/α-hetero) is 1. The summed E-state index contributed by atoms with van der Waals surface area (Å²) in [4.78, 5) is 83.2. The van der Waals surface area contributed by atoms with Gasteiger partial charge in [0.05, 0.1) is 58.6 Å². The van der Waals surface area contributed by atoms with Gasteiger partial charge in [0.1, 0.15) is 31.7 Å². The van der Waals surface area contributed by atoms with Crippen molar-refractivity contribution in [2.75, 3.05) is 81.1 Å². The number of ketones is 1. The van der Waals surface area contributed by atoms with Crippen molar-refractivity contribution >= 4 is 63.9 Å². The Hall–Kier alpha value is -10.2. The summed E-state index contributed by atoms with van der Waals surface area (Å²) in [5.41, 5.74) is 19.1. The lowest BCUT2D eigenvalue weighted by Crippen LogP contribution is -2.63. The van der Waals surface area contributed by atoms with Gasteiger partial charge in [0.25, 0.3) is 0 Å². The van der Waals surface area contributed by atoms with E-state index in [0.29, 0.717) is 54.7 Å². The molecular formula is C77H88N8O22S. The van der Waals surface area contributed by atoms with Gasteiger partial charge in [-0.3, -0.25) is 43.8 Å². The summed E-state index contributed by atoms with van der Waals surface area (Å²) in [5.74, 6) is -2.84. The molecule has 0 bridgehead atoms. The number of rotatable bonds is 35. The van der Waals surface area contributed by atoms with Gasteiger partial charge < -0.3 is 74.8 Å². The fraction of sp³-hybridized carbons (Fsp3) is 0.442. The van der Waals surface area contributed by atoms with E-state index in [1.165, 1.54) is 29.3 Å². The topological polar surface area (TPSA) is 341 Å². The highest BCUT2D eigenvalue weighted by molar-refractivity contribution is 7.82. The lowest BCUT2D eigenvalue weighted by atomic mass is 9.94. The molecular weight excluding hydrogens is 1420 g/mol. The van der Waals surface area contributed by atoms with Crippen molar-refractivity contribution in [3.8, 4) is 40.2 Å². The molecule has 5 aliphatic rings. The second-order valence-electron chi connectivity index (χ2n) is 26.6. The van der Waals surface area contributed by atoms with Crippen LogP contribution < -0.4 is 32.1 Å². The van der Waals surface area contributed by atoms with Gasteiger partial charge in [-0.2, -0.15) is 0 Å². The fourth-order valence-corrected chi connectivity index (χ4v) is 14.1. The maximum absolute atomic E-state index is 14.3. The smallest absolute Gasteiger partial charge is 0.493 e. The maximum atomic E-state index is 14.3. The molecule has 11 rings (SSSR count). The van der Waals surface area contributed by atoms with Crippen molar-refractivity contribution in [1.29, 1.82) is 0 Å². The summed E-state index contributed by atoms with van der Waals surface area (Å²) >= 11 is 0. The highest BCUT2D eigenvalue weighted by Gasteiger charge is 2.54. The number of azide groups is 1. The van der Waals surface area contributed by atoms with Crippen LogP contribution >= 0.6 is 0 Å². The quantitative estimate of drug-likeness (QED) is 0.00679. The number of fused-ring (bicyclic) bond motifs is 6. The Balaban J connectivity index is 0.769. The van der Waals surface area contributed by atoms with Gasteiger partial charge in [-0.05, 0) is 137 Å². The minimum absolute atomic E-state index is 0.0265. The van der Waals surface area contributed by atoms with Gasteiger partial charge >= 0.3 is 34.3 Å². The molecule has 0 aromatic heterocycles. The average molecular weight is 1510 g/mol. The molecule has 0 aliphatic carbocycles. The lowest BCUT2D eigenvalue weighted by Gasteiger charge is -2.43. The van der Waals surface area contributed by atoms with E-state index in [4.69, 9.17) is 85.5 Å². The first-order chi connectivity index (χ1) is 52.1. The number of ether oxygens (including phenoxy) is 13. The van der Waals surface area contributed by atoms with Crippen LogP contribution in [0.1, 0.15) is 101 Å². The van der Waals surface area contributed by atoms with Crippen LogP contribution in [0.3, 0.4) is 0 Å². The van der Waals surface area contributed by atoms with E-state index in [1.807, 2.05) is 44.6 Å². The van der Waals surface area contributed by atoms with Crippen LogP contribution in [-0.4, -0.2) is 189 Å². The Bertz CT molecular complexity index is 4470. The third-order valence-corrected chi connectivity index (χ3v) is 18.9. The molecule has 0 amide bonds. The summed E-state index contributed by atoms with van der Waals surface area (Å²) < 4.78 is 116. The van der Waals surface area contributed by atoms with Crippen LogP contribution in [0, 0.1) is 0 Å². The van der Waals surface area contributed by atoms with Gasteiger partial charge in [0.15, 0.2) is 52.5 Å². The van der Waals surface area contributed by atoms with Crippen LogP contribution in [0.4, 0.5) is 11.4 Å². The van der Waals surface area contributed by atoms with Crippen LogP contribution in [0.15, 0.2) is 118 Å². The van der Waals surface area contributed by atoms with Gasteiger partial charge in [-0.15, -0.1) is 8.42 Å². The first-order valence-corrected chi connectivity index (χ1v) is 36.6. The number of carbonyl (C=O) groups is 5. The first kappa shape index (κ1) is 78.8. The number of aliphatic imine (C=N–C) groups is 2. The van der Waals surface area contributed by atoms with E-state index in [0.717, 1.165) is 97.9 Å². The van der Waals surface area contributed by atoms with E-state index < -0.39 is 88.9 Å². The van der Waals surface area contributed by atoms with Gasteiger partial charge in [0, 0.05) is 127 Å². The predicted molar refractivity (Wildman–Crippen MR) is 390 cm³/mol. The Morgan fingerprint density at radius 1 is 0.574 bits per heavy atom. The van der Waals surface area contributed by atoms with E-state index in [2.05, 4.69) is 73.4 Å². The number of carbonyl (C=O) groups excluding carboxylic acids is 5. The van der Waals surface area contributed by atoms with Gasteiger partial charge in [-0.25, -0.2) is 0 Å². The molecule has 574 valence electrons. The average Bonchev–Trinajstić information content (AvgIpc) is 1.56. The predicted octanol–water partition coefficient (Wildman–Crippen LogP) is 9.70. The second kappa shape index (κ2) is 37.1. The second-order valence-corrected chi connectivity index (χ2v) is 27.7. The SMILES string of the molecule is COc1cc2c(cc1OCc1cc(COc3cc4c(cc3OC)CN3Cc5cc(OS(=O)(=O)Oc6cc(C(=O)CCCOCCOCCOCCN=[N+]=[N-])ccc6OC6O[C@H](COC(C)=O)[C@H](OC(C)=O)[C@H](OC(C)=O)[C@H]6OC(C)=O)ccc5C[C@H]3C=N4)cc(CN(C)C)c1)N=C[C@@H]1Cc3ccccc3CN1C2. The van der Waals surface area contributed by atoms with Crippen molar-refractivity contribution in [1.82, 2.24) is 14.7 Å². The molecule has 6 aromatic carbocycles. The Morgan fingerprint density at radius 2 is 1.13 bits per heavy atom. The largest absolute Gasteiger partial charge is 0.501 e. The van der Waals surface area contributed by atoms with Crippen LogP contribution in [-0.2, 0) is 126 Å². The standard InChI is InChI=1S/C77H88N8O22S/c1-47(86)98-46-73-74(101-48(2)87)75(102-49(3)88)76(103-50(4)89)77(105-73)104-67-18-16-56(66(90)14-11-20-95-22-24-97-25-23-96-21-19-81-82-78)32-72(67)107-108(91,92)106-63-17-15-55-30-62-38-80-65-36-71(69(94-8)34-60(65)43-85(62)41-58(55)31-63)100-45-53-27-51(39-83(5)6)26-52(28-53)44-99-70-35-64-59(33-68(70)93-7)42-84-40-57-13-10-9-12-54(57)29-61(84)37-79-64/h9-10,12-13,15-18,26-28,31-38,61-62,73-77H,11,14,19-25,29-30,39-46H2,1-8H3/t61-,62-,73+,74-,75-,76+,77?/m0/s1. The third kappa shape index (κ3) is 21.3. The molecule has 0 radical (unpaired) electrons. The molecule has 108 heavy (non-hydrogen) atoms. The summed E-state index contributed by atoms with van der Waals surface area (Å²) in [6, 6.07) is 31.2. The highest BCUT2D eigenvalue weighted by Crippen LogP contribution is 2.43. The molecule has 1 unspecified atom stereocenters. The zero-order chi connectivity index (χ0) is 76.4. The van der Waals surface area contributed by atoms with Gasteiger partial charge in [0.2, 0.25) is 12.4 Å². The first-order valence-electron chi connectivity index (χ1n) is 35.3. The molecule has 7 atom stereocenters. The third-order valence-electron chi connectivity index (χ3n) is 18.2. The monoisotopic (exact) mass is 1510 g/mol. The van der Waals surface area contributed by atoms with E-state index in [1.54, 1.807) is 26.4 Å². The molecule has 1 saturated heterocycles. The summed E-state index contributed by atoms with van der Waals surface area (Å²) in [6.07, 6.45) is -2.65. The molecule has 0 N–H and O–H groups in total. The van der Waals surface area contributed by atoms with Crippen molar-refractivity contribution in [2.24, 2.45) is 15.1 Å². The molecule has 30 nitrogen and oxygen atoms in total. The number of hydrogen-bond acceptors (Lipinski definition) is 28. The normalized spacial score (nSPS) is 19.2. The summed E-state index contributed by atoms with van der Waals surface area (Å²) in [7, 11) is 2.12. The number of nitrogens with zero attached hydrogens (tertiary/aromatic N) is 8. The molecule has 1 fully saturated rings. The van der Waals surface area contributed by atoms with E-state index >= 15 is 0 Å². The van der Waals surface area contributed by atoms with Gasteiger partial charge in [-0.1, -0.05) is 47.6 Å². The van der Waals surface area contributed by atoms with Crippen LogP contribution in [0.2, 0.25) is 0 Å². The highest BCUT2D eigenvalue weighted by atomic mass is 32.3. The zero-order valence-electron chi connectivity index (χ0n) is 61.4. The molecule has 5 aliphatic heterocycles.